The van der Waals surface area contributed by atoms with Crippen molar-refractivity contribution in [1.29, 1.82) is 0 Å². The Hall–Kier alpha value is -3.51. The number of pyridine rings is 2. The first kappa shape index (κ1) is 19.5. The van der Waals surface area contributed by atoms with Gasteiger partial charge < -0.3 is 15.0 Å². The van der Waals surface area contributed by atoms with Crippen LogP contribution in [0, 0.1) is 0 Å². The summed E-state index contributed by atoms with van der Waals surface area (Å²) in [7, 11) is 0. The van der Waals surface area contributed by atoms with Gasteiger partial charge in [0.2, 0.25) is 0 Å². The molecule has 0 aliphatic carbocycles. The van der Waals surface area contributed by atoms with Crippen LogP contribution in [0.25, 0.3) is 33.5 Å². The first-order valence-electron chi connectivity index (χ1n) is 10.5. The number of H-pyrrole nitrogens is 1. The van der Waals surface area contributed by atoms with Crippen LogP contribution in [0.3, 0.4) is 0 Å². The largest absolute Gasteiger partial charge is 0.388 e. The molecule has 3 aromatic heterocycles. The van der Waals surface area contributed by atoms with Crippen LogP contribution in [-0.4, -0.2) is 49.6 Å². The number of carbonyl (C=O) groups is 1. The second-order valence-corrected chi connectivity index (χ2v) is 8.45. The fourth-order valence-electron chi connectivity index (χ4n) is 4.20. The van der Waals surface area contributed by atoms with E-state index >= 15 is 0 Å². The molecule has 5 rings (SSSR count). The van der Waals surface area contributed by atoms with Crippen LogP contribution in [-0.2, 0) is 0 Å². The number of aromatic nitrogens is 3. The van der Waals surface area contributed by atoms with Gasteiger partial charge in [-0.25, -0.2) is 9.97 Å². The van der Waals surface area contributed by atoms with Gasteiger partial charge in [0.05, 0.1) is 11.3 Å². The molecule has 6 heteroatoms. The van der Waals surface area contributed by atoms with Gasteiger partial charge in [0.1, 0.15) is 11.3 Å². The molecule has 1 amide bonds. The number of piperidine rings is 1. The summed E-state index contributed by atoms with van der Waals surface area (Å²) in [5.74, 6) is -0.149. The maximum atomic E-state index is 13.0. The number of aromatic amines is 1. The molecule has 1 saturated heterocycles. The lowest BCUT2D eigenvalue weighted by Crippen LogP contribution is -2.48. The van der Waals surface area contributed by atoms with Crippen LogP contribution in [0.4, 0.5) is 0 Å². The van der Waals surface area contributed by atoms with Crippen molar-refractivity contribution >= 4 is 16.9 Å². The number of hydrogen-bond donors (Lipinski definition) is 2. The van der Waals surface area contributed by atoms with E-state index in [4.69, 9.17) is 0 Å². The number of rotatable bonds is 3. The molecule has 1 aliphatic rings. The van der Waals surface area contributed by atoms with Crippen molar-refractivity contribution in [2.75, 3.05) is 13.1 Å². The molecular weight excluding hydrogens is 388 g/mol. The van der Waals surface area contributed by atoms with E-state index in [0.717, 1.165) is 34.3 Å². The highest BCUT2D eigenvalue weighted by atomic mass is 16.3. The highest BCUT2D eigenvalue weighted by Crippen LogP contribution is 2.27. The minimum absolute atomic E-state index is 0.149. The van der Waals surface area contributed by atoms with Crippen molar-refractivity contribution in [3.63, 3.8) is 0 Å². The highest BCUT2D eigenvalue weighted by Gasteiger charge is 2.31. The molecule has 4 aromatic rings. The van der Waals surface area contributed by atoms with Gasteiger partial charge in [0.25, 0.3) is 5.91 Å². The van der Waals surface area contributed by atoms with E-state index in [0.29, 0.717) is 30.9 Å². The smallest absolute Gasteiger partial charge is 0.272 e. The zero-order valence-corrected chi connectivity index (χ0v) is 17.4. The average Bonchev–Trinajstić information content (AvgIpc) is 3.22. The number of fused-ring (bicyclic) bond motifs is 1. The zero-order chi connectivity index (χ0) is 21.4. The molecule has 1 atom stereocenters. The Kier molecular flexibility index (Phi) is 4.79. The van der Waals surface area contributed by atoms with Gasteiger partial charge in [-0.2, -0.15) is 0 Å². The van der Waals surface area contributed by atoms with Gasteiger partial charge >= 0.3 is 0 Å². The minimum atomic E-state index is -0.842. The fraction of sp³-hybridized carbons (Fsp3) is 0.240. The number of carbonyl (C=O) groups excluding carboxylic acids is 1. The van der Waals surface area contributed by atoms with Gasteiger partial charge in [0, 0.05) is 35.9 Å². The Morgan fingerprint density at radius 1 is 1.10 bits per heavy atom. The van der Waals surface area contributed by atoms with Crippen molar-refractivity contribution in [2.24, 2.45) is 0 Å². The van der Waals surface area contributed by atoms with Crippen LogP contribution >= 0.6 is 0 Å². The molecule has 31 heavy (non-hydrogen) atoms. The molecule has 2 N–H and O–H groups in total. The molecule has 6 nitrogen and oxygen atoms in total. The summed E-state index contributed by atoms with van der Waals surface area (Å²) < 4.78 is 0. The van der Waals surface area contributed by atoms with Gasteiger partial charge in [0.15, 0.2) is 0 Å². The molecular formula is C25H24N4O2. The summed E-state index contributed by atoms with van der Waals surface area (Å²) in [6.45, 7) is 2.74. The first-order chi connectivity index (χ1) is 15.0. The van der Waals surface area contributed by atoms with Gasteiger partial charge in [-0.15, -0.1) is 0 Å². The van der Waals surface area contributed by atoms with Crippen molar-refractivity contribution in [3.8, 4) is 22.5 Å². The van der Waals surface area contributed by atoms with Crippen molar-refractivity contribution in [2.45, 2.75) is 25.4 Å². The zero-order valence-electron chi connectivity index (χ0n) is 17.4. The first-order valence-corrected chi connectivity index (χ1v) is 10.5. The SMILES string of the molecule is CC1(O)CCCN(C(=O)c2cccc(-c3cnc4[nH]c(-c5ccccc5)cc4c3)n2)C1. The average molecular weight is 412 g/mol. The van der Waals surface area contributed by atoms with Gasteiger partial charge in [-0.3, -0.25) is 4.79 Å². The lowest BCUT2D eigenvalue weighted by atomic mass is 9.95. The summed E-state index contributed by atoms with van der Waals surface area (Å²) >= 11 is 0. The minimum Gasteiger partial charge on any atom is -0.388 e. The second kappa shape index (κ2) is 7.63. The third kappa shape index (κ3) is 3.94. The Labute approximate surface area is 180 Å². The molecule has 1 fully saturated rings. The molecule has 0 radical (unpaired) electrons. The molecule has 1 unspecified atom stereocenters. The summed E-state index contributed by atoms with van der Waals surface area (Å²) in [5, 5.41) is 11.3. The van der Waals surface area contributed by atoms with Crippen LogP contribution in [0.15, 0.2) is 66.9 Å². The van der Waals surface area contributed by atoms with Crippen molar-refractivity contribution in [1.82, 2.24) is 19.9 Å². The normalized spacial score (nSPS) is 19.0. The second-order valence-electron chi connectivity index (χ2n) is 8.45. The number of likely N-dealkylation sites (tertiary alicyclic amines) is 1. The topological polar surface area (TPSA) is 82.1 Å². The van der Waals surface area contributed by atoms with E-state index in [9.17, 15) is 9.90 Å². The summed E-state index contributed by atoms with van der Waals surface area (Å²) in [5.41, 5.74) is 4.02. The lowest BCUT2D eigenvalue weighted by molar-refractivity contribution is -0.0109. The molecule has 0 bridgehead atoms. The molecule has 0 saturated carbocycles. The van der Waals surface area contributed by atoms with Crippen molar-refractivity contribution < 1.29 is 9.90 Å². The third-order valence-corrected chi connectivity index (χ3v) is 5.78. The van der Waals surface area contributed by atoms with E-state index in [1.807, 2.05) is 36.4 Å². The van der Waals surface area contributed by atoms with Crippen LogP contribution in [0.2, 0.25) is 0 Å². The number of amides is 1. The van der Waals surface area contributed by atoms with Crippen LogP contribution < -0.4 is 0 Å². The summed E-state index contributed by atoms with van der Waals surface area (Å²) in [6, 6.07) is 19.7. The standard InChI is InChI=1S/C25H24N4O2/c1-25(31)11-6-12-29(16-25)24(30)21-10-5-9-20(27-21)19-13-18-14-22(28-23(18)26-15-19)17-7-3-2-4-8-17/h2-5,7-10,13-15,31H,6,11-12,16H2,1H3,(H,26,28). The number of nitrogens with one attached hydrogen (secondary N) is 1. The molecule has 4 heterocycles. The predicted octanol–water partition coefficient (Wildman–Crippen LogP) is 4.28. The number of nitrogens with zero attached hydrogens (tertiary/aromatic N) is 3. The maximum Gasteiger partial charge on any atom is 0.272 e. The summed E-state index contributed by atoms with van der Waals surface area (Å²) in [4.78, 5) is 27.2. The maximum absolute atomic E-state index is 13.0. The van der Waals surface area contributed by atoms with Gasteiger partial charge in [-0.05, 0) is 49.6 Å². The molecule has 0 spiro atoms. The highest BCUT2D eigenvalue weighted by molar-refractivity contribution is 5.93. The number of hydrogen-bond acceptors (Lipinski definition) is 4. The molecule has 1 aromatic carbocycles. The molecule has 156 valence electrons. The predicted molar refractivity (Wildman–Crippen MR) is 121 cm³/mol. The lowest BCUT2D eigenvalue weighted by Gasteiger charge is -2.36. The Balaban J connectivity index is 1.44. The van der Waals surface area contributed by atoms with Gasteiger partial charge in [-0.1, -0.05) is 36.4 Å². The number of aliphatic hydroxyl groups is 1. The van der Waals surface area contributed by atoms with E-state index in [1.165, 1.54) is 0 Å². The van der Waals surface area contributed by atoms with E-state index in [-0.39, 0.29) is 5.91 Å². The summed E-state index contributed by atoms with van der Waals surface area (Å²) in [6.07, 6.45) is 3.27. The van der Waals surface area contributed by atoms with E-state index in [2.05, 4.69) is 33.2 Å². The quantitative estimate of drug-likeness (QED) is 0.526. The fourth-order valence-corrected chi connectivity index (χ4v) is 4.20. The number of benzene rings is 1. The number of β-amino-alcohol motifs (C(OH)–C–C–N with tert-alkyl or cyclic N) is 1. The Morgan fingerprint density at radius 2 is 1.94 bits per heavy atom. The Morgan fingerprint density at radius 3 is 2.74 bits per heavy atom. The monoisotopic (exact) mass is 412 g/mol. The van der Waals surface area contributed by atoms with E-state index < -0.39 is 5.60 Å². The third-order valence-electron chi connectivity index (χ3n) is 5.78. The molecule has 1 aliphatic heterocycles. The van der Waals surface area contributed by atoms with Crippen LogP contribution in [0.5, 0.6) is 0 Å². The Bertz CT molecular complexity index is 1250. The van der Waals surface area contributed by atoms with E-state index in [1.54, 1.807) is 24.1 Å². The van der Waals surface area contributed by atoms with Crippen LogP contribution in [0.1, 0.15) is 30.3 Å². The van der Waals surface area contributed by atoms with Crippen molar-refractivity contribution in [3.05, 3.63) is 72.6 Å².